The number of rotatable bonds is 4. The molecule has 1 aromatic heterocycles. The Hall–Kier alpha value is -2.94. The third kappa shape index (κ3) is 2.81. The maximum Gasteiger partial charge on any atom is 0.312 e. The molecule has 2 aromatic carbocycles. The quantitative estimate of drug-likeness (QED) is 0.518. The summed E-state index contributed by atoms with van der Waals surface area (Å²) in [6, 6.07) is 16.5. The van der Waals surface area contributed by atoms with E-state index in [-0.39, 0.29) is 17.1 Å². The van der Waals surface area contributed by atoms with Crippen LogP contribution in [0.5, 0.6) is 11.5 Å². The molecule has 1 saturated carbocycles. The minimum Gasteiger partial charge on any atom is -0.495 e. The van der Waals surface area contributed by atoms with Gasteiger partial charge in [0.2, 0.25) is 0 Å². The second-order valence-corrected chi connectivity index (χ2v) is 9.12. The summed E-state index contributed by atoms with van der Waals surface area (Å²) in [5.41, 5.74) is -2.05. The van der Waals surface area contributed by atoms with Crippen LogP contribution in [0.25, 0.3) is 0 Å². The second kappa shape index (κ2) is 7.83. The highest BCUT2D eigenvalue weighted by Crippen LogP contribution is 2.69. The molecule has 0 spiro atoms. The predicted molar refractivity (Wildman–Crippen MR) is 122 cm³/mol. The third-order valence-corrected chi connectivity index (χ3v) is 7.31. The molecule has 0 unspecified atom stereocenters. The molecule has 1 fully saturated rings. The Bertz CT molecular complexity index is 1200. The van der Waals surface area contributed by atoms with Gasteiger partial charge in [0.25, 0.3) is 0 Å². The molecular weight excluding hydrogens is 490 g/mol. The highest BCUT2D eigenvalue weighted by atomic mass is 79.9. The smallest absolute Gasteiger partial charge is 0.312 e. The van der Waals surface area contributed by atoms with Crippen LogP contribution >= 0.6 is 15.9 Å². The summed E-state index contributed by atoms with van der Waals surface area (Å²) in [6.45, 7) is 0. The molecule has 5 rings (SSSR count). The van der Waals surface area contributed by atoms with Crippen LogP contribution in [0.4, 0.5) is 0 Å². The standard InChI is InChI=1S/C25H22BrNO6/c1-31-17-12-27-13-18-21(17)24(30)22(28)19(23(29)32-2)20(14-6-4-3-5-7-14)25(24,33-18)15-8-10-16(26)11-9-15/h3-13,19-20,22,28,30H,1-2H3/t19-,20-,22-,24+,25+/m1/s1. The number of fused-ring (bicyclic) bond motifs is 3. The topological polar surface area (TPSA) is 98.1 Å². The molecule has 2 heterocycles. The Balaban J connectivity index is 1.89. The van der Waals surface area contributed by atoms with Crippen LogP contribution in [-0.4, -0.2) is 41.5 Å². The van der Waals surface area contributed by atoms with Gasteiger partial charge < -0.3 is 24.4 Å². The molecule has 0 bridgehead atoms. The van der Waals surface area contributed by atoms with Gasteiger partial charge in [-0.3, -0.25) is 9.78 Å². The molecule has 7 nitrogen and oxygen atoms in total. The van der Waals surface area contributed by atoms with Crippen molar-refractivity contribution < 1.29 is 29.2 Å². The highest BCUT2D eigenvalue weighted by Gasteiger charge is 2.78. The van der Waals surface area contributed by atoms with Gasteiger partial charge in [0, 0.05) is 10.4 Å². The van der Waals surface area contributed by atoms with Gasteiger partial charge in [-0.1, -0.05) is 58.4 Å². The van der Waals surface area contributed by atoms with Crippen LogP contribution < -0.4 is 9.47 Å². The van der Waals surface area contributed by atoms with Crippen LogP contribution in [0.15, 0.2) is 71.5 Å². The molecule has 1 aliphatic carbocycles. The van der Waals surface area contributed by atoms with Crippen molar-refractivity contribution in [2.45, 2.75) is 23.2 Å². The van der Waals surface area contributed by atoms with E-state index in [1.807, 2.05) is 54.6 Å². The summed E-state index contributed by atoms with van der Waals surface area (Å²) < 4.78 is 18.0. The third-order valence-electron chi connectivity index (χ3n) is 6.79. The summed E-state index contributed by atoms with van der Waals surface area (Å²) in [5.74, 6) is -2.01. The van der Waals surface area contributed by atoms with E-state index in [0.29, 0.717) is 11.1 Å². The number of hydrogen-bond acceptors (Lipinski definition) is 7. The monoisotopic (exact) mass is 511 g/mol. The van der Waals surface area contributed by atoms with Crippen molar-refractivity contribution in [2.24, 2.45) is 5.92 Å². The average Bonchev–Trinajstić information content (AvgIpc) is 3.22. The summed E-state index contributed by atoms with van der Waals surface area (Å²) in [6.07, 6.45) is 1.38. The molecule has 3 aromatic rings. The fourth-order valence-electron chi connectivity index (χ4n) is 5.49. The minimum atomic E-state index is -2.04. The predicted octanol–water partition coefficient (Wildman–Crippen LogP) is 3.28. The van der Waals surface area contributed by atoms with E-state index in [2.05, 4.69) is 20.9 Å². The van der Waals surface area contributed by atoms with Gasteiger partial charge in [0.15, 0.2) is 11.2 Å². The number of esters is 1. The average molecular weight is 512 g/mol. The Kier molecular flexibility index (Phi) is 5.19. The number of hydrogen-bond donors (Lipinski definition) is 2. The minimum absolute atomic E-state index is 0.253. The van der Waals surface area contributed by atoms with Crippen molar-refractivity contribution >= 4 is 21.9 Å². The van der Waals surface area contributed by atoms with E-state index in [1.54, 1.807) is 0 Å². The van der Waals surface area contributed by atoms with E-state index in [1.165, 1.54) is 26.6 Å². The molecule has 1 aliphatic heterocycles. The fraction of sp³-hybridized carbons (Fsp3) is 0.280. The molecule has 0 amide bonds. The second-order valence-electron chi connectivity index (χ2n) is 8.21. The number of carbonyl (C=O) groups excluding carboxylic acids is 1. The number of aromatic nitrogens is 1. The lowest BCUT2D eigenvalue weighted by molar-refractivity contribution is -0.161. The number of methoxy groups -OCH3 is 2. The van der Waals surface area contributed by atoms with Crippen LogP contribution in [0, 0.1) is 5.92 Å². The molecule has 2 N–H and O–H groups in total. The number of nitrogens with zero attached hydrogens (tertiary/aromatic N) is 1. The largest absolute Gasteiger partial charge is 0.495 e. The number of carbonyl (C=O) groups is 1. The van der Waals surface area contributed by atoms with Gasteiger partial charge in [-0.25, -0.2) is 0 Å². The molecule has 0 saturated heterocycles. The summed E-state index contributed by atoms with van der Waals surface area (Å²) in [5, 5.41) is 24.2. The van der Waals surface area contributed by atoms with E-state index in [9.17, 15) is 15.0 Å². The lowest BCUT2D eigenvalue weighted by Gasteiger charge is -2.40. The lowest BCUT2D eigenvalue weighted by atomic mass is 9.70. The Morgan fingerprint density at radius 1 is 1.09 bits per heavy atom. The zero-order valence-electron chi connectivity index (χ0n) is 17.9. The van der Waals surface area contributed by atoms with Crippen LogP contribution in [0.2, 0.25) is 0 Å². The number of benzene rings is 2. The first-order valence-corrected chi connectivity index (χ1v) is 11.2. The van der Waals surface area contributed by atoms with E-state index in [0.717, 1.165) is 4.47 Å². The Labute approximate surface area is 199 Å². The number of pyridine rings is 1. The molecule has 5 atom stereocenters. The summed E-state index contributed by atoms with van der Waals surface area (Å²) >= 11 is 3.45. The molecule has 170 valence electrons. The van der Waals surface area contributed by atoms with Crippen molar-refractivity contribution in [2.75, 3.05) is 14.2 Å². The van der Waals surface area contributed by atoms with Gasteiger partial charge in [-0.15, -0.1) is 0 Å². The zero-order valence-corrected chi connectivity index (χ0v) is 19.5. The van der Waals surface area contributed by atoms with Crippen LogP contribution in [0.3, 0.4) is 0 Å². The SMILES string of the molecule is COC(=O)[C@H]1[C@@H](O)[C@@]2(O)c3c(OC)cncc3O[C@@]2(c2ccc(Br)cc2)[C@@H]1c1ccccc1. The summed E-state index contributed by atoms with van der Waals surface area (Å²) in [4.78, 5) is 17.3. The van der Waals surface area contributed by atoms with Crippen molar-refractivity contribution in [3.63, 3.8) is 0 Å². The maximum absolute atomic E-state index is 13.1. The molecular formula is C25H22BrNO6. The molecule has 2 aliphatic rings. The zero-order chi connectivity index (χ0) is 23.4. The van der Waals surface area contributed by atoms with Crippen molar-refractivity contribution in [1.82, 2.24) is 4.98 Å². The van der Waals surface area contributed by atoms with E-state index in [4.69, 9.17) is 14.2 Å². The van der Waals surface area contributed by atoms with Gasteiger partial charge >= 0.3 is 5.97 Å². The molecule has 33 heavy (non-hydrogen) atoms. The van der Waals surface area contributed by atoms with Crippen LogP contribution in [0.1, 0.15) is 22.6 Å². The lowest BCUT2D eigenvalue weighted by Crippen LogP contribution is -2.52. The van der Waals surface area contributed by atoms with Crippen molar-refractivity contribution in [3.8, 4) is 11.5 Å². The molecule has 0 radical (unpaired) electrons. The highest BCUT2D eigenvalue weighted by molar-refractivity contribution is 9.10. The maximum atomic E-state index is 13.1. The van der Waals surface area contributed by atoms with E-state index < -0.39 is 35.1 Å². The number of halogens is 1. The van der Waals surface area contributed by atoms with Gasteiger partial charge in [-0.2, -0.15) is 0 Å². The number of aliphatic hydroxyl groups excluding tert-OH is 1. The fourth-order valence-corrected chi connectivity index (χ4v) is 5.75. The summed E-state index contributed by atoms with van der Waals surface area (Å²) in [7, 11) is 2.72. The number of aliphatic hydroxyl groups is 2. The molecule has 8 heteroatoms. The first-order valence-electron chi connectivity index (χ1n) is 10.4. The van der Waals surface area contributed by atoms with Gasteiger partial charge in [0.1, 0.15) is 17.6 Å². The first kappa shape index (κ1) is 21.9. The van der Waals surface area contributed by atoms with Gasteiger partial charge in [-0.05, 0) is 23.3 Å². The van der Waals surface area contributed by atoms with E-state index >= 15 is 0 Å². The Morgan fingerprint density at radius 3 is 2.42 bits per heavy atom. The number of ether oxygens (including phenoxy) is 3. The van der Waals surface area contributed by atoms with Crippen molar-refractivity contribution in [3.05, 3.63) is 88.2 Å². The first-order chi connectivity index (χ1) is 15.9. The Morgan fingerprint density at radius 2 is 1.79 bits per heavy atom. The normalized spacial score (nSPS) is 29.7. The van der Waals surface area contributed by atoms with Crippen LogP contribution in [-0.2, 0) is 20.7 Å². The van der Waals surface area contributed by atoms with Gasteiger partial charge in [0.05, 0.1) is 38.1 Å². The van der Waals surface area contributed by atoms with Crippen molar-refractivity contribution in [1.29, 1.82) is 0 Å².